The highest BCUT2D eigenvalue weighted by Gasteiger charge is 2.38. The maximum Gasteiger partial charge on any atom is 0.237 e. The lowest BCUT2D eigenvalue weighted by atomic mass is 9.75. The molecule has 0 aliphatic carbocycles. The Morgan fingerprint density at radius 2 is 1.50 bits per heavy atom. The maximum absolute atomic E-state index is 10.8. The second-order valence-corrected chi connectivity index (χ2v) is 3.82. The van der Waals surface area contributed by atoms with Gasteiger partial charge in [0.2, 0.25) is 5.91 Å². The summed E-state index contributed by atoms with van der Waals surface area (Å²) in [6.07, 6.45) is 0. The molecule has 60 valence electrons. The zero-order valence-corrected chi connectivity index (χ0v) is 7.06. The van der Waals surface area contributed by atoms with E-state index < -0.39 is 11.4 Å². The van der Waals surface area contributed by atoms with Gasteiger partial charge in [-0.15, -0.1) is 0 Å². The third-order valence-corrected chi connectivity index (χ3v) is 2.07. The summed E-state index contributed by atoms with van der Waals surface area (Å²) in [6, 6.07) is 0. The molecule has 0 aromatic rings. The van der Waals surface area contributed by atoms with Crippen molar-refractivity contribution in [1.29, 1.82) is 0 Å². The molecule has 0 aliphatic heterocycles. The van der Waals surface area contributed by atoms with E-state index in [1.165, 1.54) is 0 Å². The summed E-state index contributed by atoms with van der Waals surface area (Å²) in [4.78, 5) is 10.8. The molecular weight excluding hydrogens is 128 g/mol. The molecule has 0 aliphatic rings. The lowest BCUT2D eigenvalue weighted by Gasteiger charge is -2.35. The van der Waals surface area contributed by atoms with Gasteiger partial charge in [0.05, 0.1) is 5.54 Å². The van der Waals surface area contributed by atoms with Crippen LogP contribution < -0.4 is 11.5 Å². The minimum absolute atomic E-state index is 0.279. The van der Waals surface area contributed by atoms with Crippen LogP contribution in [0.25, 0.3) is 0 Å². The molecule has 0 aromatic carbocycles. The number of amides is 1. The van der Waals surface area contributed by atoms with Crippen molar-refractivity contribution in [3.8, 4) is 0 Å². The van der Waals surface area contributed by atoms with E-state index in [4.69, 9.17) is 11.5 Å². The van der Waals surface area contributed by atoms with Gasteiger partial charge in [0.1, 0.15) is 0 Å². The fourth-order valence-corrected chi connectivity index (χ4v) is 0.370. The Morgan fingerprint density at radius 3 is 1.50 bits per heavy atom. The summed E-state index contributed by atoms with van der Waals surface area (Å²) in [7, 11) is 0. The standard InChI is InChI=1S/C7H16N2O/c1-6(2,3)7(4,9)5(8)10/h9H2,1-4H3,(H2,8,10). The summed E-state index contributed by atoms with van der Waals surface area (Å²) >= 11 is 0. The van der Waals surface area contributed by atoms with E-state index in [0.29, 0.717) is 0 Å². The van der Waals surface area contributed by atoms with Gasteiger partial charge in [-0.2, -0.15) is 0 Å². The Labute approximate surface area is 61.8 Å². The average molecular weight is 144 g/mol. The Morgan fingerprint density at radius 1 is 1.20 bits per heavy atom. The monoisotopic (exact) mass is 144 g/mol. The lowest BCUT2D eigenvalue weighted by molar-refractivity contribution is -0.126. The van der Waals surface area contributed by atoms with E-state index in [1.54, 1.807) is 6.92 Å². The summed E-state index contributed by atoms with van der Waals surface area (Å²) in [5, 5.41) is 0. The van der Waals surface area contributed by atoms with E-state index >= 15 is 0 Å². The van der Waals surface area contributed by atoms with Crippen molar-refractivity contribution in [2.45, 2.75) is 33.2 Å². The first-order chi connectivity index (χ1) is 4.19. The molecular formula is C7H16N2O. The second kappa shape index (κ2) is 2.23. The number of primary amides is 1. The first kappa shape index (κ1) is 9.43. The van der Waals surface area contributed by atoms with Gasteiger partial charge in [0.25, 0.3) is 0 Å². The molecule has 10 heavy (non-hydrogen) atoms. The number of rotatable bonds is 1. The van der Waals surface area contributed by atoms with Crippen molar-refractivity contribution in [3.63, 3.8) is 0 Å². The van der Waals surface area contributed by atoms with Crippen molar-refractivity contribution < 1.29 is 4.79 Å². The van der Waals surface area contributed by atoms with Crippen molar-refractivity contribution in [1.82, 2.24) is 0 Å². The van der Waals surface area contributed by atoms with Gasteiger partial charge in [-0.05, 0) is 12.3 Å². The molecule has 0 spiro atoms. The predicted molar refractivity (Wildman–Crippen MR) is 41.2 cm³/mol. The van der Waals surface area contributed by atoms with Gasteiger partial charge in [-0.1, -0.05) is 20.8 Å². The smallest absolute Gasteiger partial charge is 0.237 e. The molecule has 0 aromatic heterocycles. The Balaban J connectivity index is 4.57. The van der Waals surface area contributed by atoms with Gasteiger partial charge in [0, 0.05) is 0 Å². The minimum Gasteiger partial charge on any atom is -0.368 e. The van der Waals surface area contributed by atoms with E-state index in [2.05, 4.69) is 0 Å². The molecule has 3 heteroatoms. The zero-order valence-electron chi connectivity index (χ0n) is 7.06. The van der Waals surface area contributed by atoms with E-state index in [0.717, 1.165) is 0 Å². The molecule has 0 bridgehead atoms. The highest BCUT2D eigenvalue weighted by atomic mass is 16.1. The van der Waals surface area contributed by atoms with Gasteiger partial charge in [-0.25, -0.2) is 0 Å². The van der Waals surface area contributed by atoms with Crippen LogP contribution in [-0.2, 0) is 4.79 Å². The van der Waals surface area contributed by atoms with Crippen LogP contribution in [0.1, 0.15) is 27.7 Å². The summed E-state index contributed by atoms with van der Waals surface area (Å²) in [6.45, 7) is 7.31. The van der Waals surface area contributed by atoms with Crippen LogP contribution in [0, 0.1) is 5.41 Å². The number of hydrogen-bond donors (Lipinski definition) is 2. The molecule has 0 saturated carbocycles. The normalized spacial score (nSPS) is 18.1. The van der Waals surface area contributed by atoms with Crippen LogP contribution in [0.4, 0.5) is 0 Å². The van der Waals surface area contributed by atoms with Gasteiger partial charge < -0.3 is 11.5 Å². The quantitative estimate of drug-likeness (QED) is 0.553. The fraction of sp³-hybridized carbons (Fsp3) is 0.857. The van der Waals surface area contributed by atoms with Crippen molar-refractivity contribution in [2.24, 2.45) is 16.9 Å². The number of hydrogen-bond acceptors (Lipinski definition) is 2. The Hall–Kier alpha value is -0.570. The molecule has 4 N–H and O–H groups in total. The average Bonchev–Trinajstić information content (AvgIpc) is 1.62. The molecule has 0 rings (SSSR count). The highest BCUT2D eigenvalue weighted by molar-refractivity contribution is 5.84. The number of carbonyl (C=O) groups excluding carboxylic acids is 1. The van der Waals surface area contributed by atoms with Crippen molar-refractivity contribution in [3.05, 3.63) is 0 Å². The van der Waals surface area contributed by atoms with Gasteiger partial charge >= 0.3 is 0 Å². The van der Waals surface area contributed by atoms with Crippen LogP contribution in [0.2, 0.25) is 0 Å². The molecule has 0 heterocycles. The first-order valence-corrected chi connectivity index (χ1v) is 3.28. The molecule has 0 fully saturated rings. The van der Waals surface area contributed by atoms with Gasteiger partial charge in [-0.3, -0.25) is 4.79 Å². The van der Waals surface area contributed by atoms with Crippen LogP contribution in [0.3, 0.4) is 0 Å². The summed E-state index contributed by atoms with van der Waals surface area (Å²) in [5.41, 5.74) is 9.55. The lowest BCUT2D eigenvalue weighted by Crippen LogP contribution is -2.58. The highest BCUT2D eigenvalue weighted by Crippen LogP contribution is 2.26. The van der Waals surface area contributed by atoms with Crippen molar-refractivity contribution in [2.75, 3.05) is 0 Å². The topological polar surface area (TPSA) is 69.1 Å². The largest absolute Gasteiger partial charge is 0.368 e. The molecule has 0 saturated heterocycles. The Kier molecular flexibility index (Phi) is 2.11. The molecule has 3 nitrogen and oxygen atoms in total. The second-order valence-electron chi connectivity index (χ2n) is 3.82. The van der Waals surface area contributed by atoms with Crippen LogP contribution in [0.15, 0.2) is 0 Å². The van der Waals surface area contributed by atoms with Crippen molar-refractivity contribution >= 4 is 5.91 Å². The molecule has 1 unspecified atom stereocenters. The SMILES string of the molecule is CC(C)(C)C(C)(N)C(N)=O. The maximum atomic E-state index is 10.8. The molecule has 1 amide bonds. The molecule has 1 atom stereocenters. The van der Waals surface area contributed by atoms with E-state index in [-0.39, 0.29) is 5.41 Å². The Bertz CT molecular complexity index is 144. The number of carbonyl (C=O) groups is 1. The fourth-order valence-electron chi connectivity index (χ4n) is 0.370. The van der Waals surface area contributed by atoms with E-state index in [9.17, 15) is 4.79 Å². The first-order valence-electron chi connectivity index (χ1n) is 3.28. The summed E-state index contributed by atoms with van der Waals surface area (Å²) < 4.78 is 0. The number of nitrogens with two attached hydrogens (primary N) is 2. The predicted octanol–water partition coefficient (Wildman–Crippen LogP) is 0.235. The summed E-state index contributed by atoms with van der Waals surface area (Å²) in [5.74, 6) is -0.458. The molecule has 0 radical (unpaired) electrons. The van der Waals surface area contributed by atoms with Crippen LogP contribution in [-0.4, -0.2) is 11.4 Å². The third kappa shape index (κ3) is 1.48. The minimum atomic E-state index is -0.924. The van der Waals surface area contributed by atoms with E-state index in [1.807, 2.05) is 20.8 Å². The van der Waals surface area contributed by atoms with Crippen LogP contribution >= 0.6 is 0 Å². The zero-order chi connectivity index (χ0) is 8.58. The van der Waals surface area contributed by atoms with Gasteiger partial charge in [0.15, 0.2) is 0 Å². The van der Waals surface area contributed by atoms with Crippen LogP contribution in [0.5, 0.6) is 0 Å². The third-order valence-electron chi connectivity index (χ3n) is 2.07.